The molecule has 1 aliphatic carbocycles. The van der Waals surface area contributed by atoms with Crippen LogP contribution in [0.2, 0.25) is 0 Å². The van der Waals surface area contributed by atoms with Crippen LogP contribution >= 0.6 is 0 Å². The van der Waals surface area contributed by atoms with Crippen molar-refractivity contribution in [1.29, 1.82) is 5.26 Å². The molecule has 3 atom stereocenters. The van der Waals surface area contributed by atoms with Crippen LogP contribution in [0.5, 0.6) is 5.75 Å². The molecule has 2 unspecified atom stereocenters. The van der Waals surface area contributed by atoms with Gasteiger partial charge in [-0.2, -0.15) is 5.26 Å². The summed E-state index contributed by atoms with van der Waals surface area (Å²) in [4.78, 5) is 37.7. The molecule has 0 radical (unpaired) electrons. The number of benzene rings is 1. The van der Waals surface area contributed by atoms with Crippen LogP contribution in [0.3, 0.4) is 0 Å². The molecule has 2 aromatic heterocycles. The summed E-state index contributed by atoms with van der Waals surface area (Å²) in [6.07, 6.45) is 3.73. The number of nitrogens with zero attached hydrogens (tertiary/aromatic N) is 5. The van der Waals surface area contributed by atoms with Crippen LogP contribution in [-0.4, -0.2) is 68.5 Å². The number of pyridine rings is 1. The summed E-state index contributed by atoms with van der Waals surface area (Å²) < 4.78 is 34.9. The van der Waals surface area contributed by atoms with Gasteiger partial charge < -0.3 is 20.1 Å². The molecule has 0 bridgehead atoms. The molecule has 3 aromatic rings. The van der Waals surface area contributed by atoms with Crippen LogP contribution in [0.4, 0.5) is 14.6 Å². The third-order valence-electron chi connectivity index (χ3n) is 6.85. The molecule has 39 heavy (non-hydrogen) atoms. The molecule has 200 valence electrons. The van der Waals surface area contributed by atoms with Gasteiger partial charge in [0.25, 0.3) is 0 Å². The van der Waals surface area contributed by atoms with Crippen molar-refractivity contribution in [2.24, 2.45) is 5.92 Å². The standard InChI is InChI=1S/C27H24F2N6O4/c28-27(29)14-35(25(37)13-36)7-5-23(27)39-22-4-3-16(8-18(22)11-30)21-10-24(33-15-32-21)34-26(38)20-9-19(20)17-2-1-6-31-12-17/h1-4,6,8,10,12,15,19-20,23,36H,5,7,9,13-14H2,(H,32,33,34,38)/t19?,20?,23-/m0/s1. The molecule has 1 saturated carbocycles. The fourth-order valence-corrected chi connectivity index (χ4v) is 4.66. The van der Waals surface area contributed by atoms with Gasteiger partial charge in [-0.15, -0.1) is 0 Å². The number of halogens is 2. The van der Waals surface area contributed by atoms with Gasteiger partial charge in [0.05, 0.1) is 17.8 Å². The SMILES string of the molecule is N#Cc1cc(-c2cc(NC(=O)C3CC3c3cccnc3)ncn2)ccc1O[C@H]1CCN(C(=O)CO)CC1(F)F. The van der Waals surface area contributed by atoms with Gasteiger partial charge in [-0.05, 0) is 42.2 Å². The average molecular weight is 535 g/mol. The summed E-state index contributed by atoms with van der Waals surface area (Å²) in [6, 6.07) is 11.8. The lowest BCUT2D eigenvalue weighted by Crippen LogP contribution is -2.55. The van der Waals surface area contributed by atoms with Crippen molar-refractivity contribution in [2.45, 2.75) is 30.8 Å². The highest BCUT2D eigenvalue weighted by molar-refractivity contribution is 5.94. The first-order chi connectivity index (χ1) is 18.8. The van der Waals surface area contributed by atoms with E-state index in [0.29, 0.717) is 17.1 Å². The highest BCUT2D eigenvalue weighted by Crippen LogP contribution is 2.47. The summed E-state index contributed by atoms with van der Waals surface area (Å²) in [5, 5.41) is 21.4. The maximum atomic E-state index is 14.7. The second-order valence-corrected chi connectivity index (χ2v) is 9.47. The maximum absolute atomic E-state index is 14.7. The molecule has 10 nitrogen and oxygen atoms in total. The van der Waals surface area contributed by atoms with Crippen molar-refractivity contribution >= 4 is 17.6 Å². The smallest absolute Gasteiger partial charge is 0.301 e. The molecular weight excluding hydrogens is 510 g/mol. The molecule has 2 fully saturated rings. The number of alkyl halides is 2. The average Bonchev–Trinajstić information content (AvgIpc) is 3.76. The number of nitrogens with one attached hydrogen (secondary N) is 1. The number of amides is 2. The van der Waals surface area contributed by atoms with Crippen LogP contribution in [-0.2, 0) is 9.59 Å². The first kappa shape index (κ1) is 26.1. The molecule has 3 heterocycles. The van der Waals surface area contributed by atoms with Gasteiger partial charge >= 0.3 is 5.92 Å². The second-order valence-electron chi connectivity index (χ2n) is 9.47. The minimum Gasteiger partial charge on any atom is -0.483 e. The van der Waals surface area contributed by atoms with E-state index in [9.17, 15) is 23.6 Å². The normalized spacial score (nSPS) is 21.5. The molecule has 5 rings (SSSR count). The lowest BCUT2D eigenvalue weighted by molar-refractivity contribution is -0.161. The number of hydrogen-bond donors (Lipinski definition) is 2. The minimum absolute atomic E-state index is 0.00110. The number of anilines is 1. The Kier molecular flexibility index (Phi) is 7.17. The van der Waals surface area contributed by atoms with E-state index in [0.717, 1.165) is 16.9 Å². The first-order valence-corrected chi connectivity index (χ1v) is 12.3. The number of carbonyl (C=O) groups excluding carboxylic acids is 2. The van der Waals surface area contributed by atoms with Gasteiger partial charge in [-0.25, -0.2) is 18.7 Å². The minimum atomic E-state index is -3.37. The molecule has 0 spiro atoms. The van der Waals surface area contributed by atoms with E-state index in [2.05, 4.69) is 20.3 Å². The zero-order valence-electron chi connectivity index (χ0n) is 20.6. The third-order valence-corrected chi connectivity index (χ3v) is 6.85. The van der Waals surface area contributed by atoms with Gasteiger partial charge in [0.2, 0.25) is 11.8 Å². The maximum Gasteiger partial charge on any atom is 0.301 e. The summed E-state index contributed by atoms with van der Waals surface area (Å²) in [7, 11) is 0. The van der Waals surface area contributed by atoms with Crippen molar-refractivity contribution in [3.8, 4) is 23.1 Å². The van der Waals surface area contributed by atoms with Crippen molar-refractivity contribution in [3.63, 3.8) is 0 Å². The van der Waals surface area contributed by atoms with Gasteiger partial charge in [0.1, 0.15) is 30.6 Å². The fraction of sp³-hybridized carbons (Fsp3) is 0.333. The zero-order chi connectivity index (χ0) is 27.6. The molecule has 1 aromatic carbocycles. The number of ether oxygens (including phenoxy) is 1. The Bertz CT molecular complexity index is 1430. The Morgan fingerprint density at radius 3 is 2.82 bits per heavy atom. The largest absolute Gasteiger partial charge is 0.483 e. The van der Waals surface area contributed by atoms with E-state index in [4.69, 9.17) is 9.84 Å². The van der Waals surface area contributed by atoms with Crippen LogP contribution in [0.25, 0.3) is 11.3 Å². The highest BCUT2D eigenvalue weighted by atomic mass is 19.3. The predicted octanol–water partition coefficient (Wildman–Crippen LogP) is 2.76. The van der Waals surface area contributed by atoms with Crippen molar-refractivity contribution < 1.29 is 28.2 Å². The Balaban J connectivity index is 1.27. The quantitative estimate of drug-likeness (QED) is 0.471. The number of piperidine rings is 1. The summed E-state index contributed by atoms with van der Waals surface area (Å²) in [5.74, 6) is -4.11. The molecule has 12 heteroatoms. The van der Waals surface area contributed by atoms with E-state index >= 15 is 0 Å². The second kappa shape index (κ2) is 10.7. The van der Waals surface area contributed by atoms with Crippen molar-refractivity contribution in [3.05, 3.63) is 66.2 Å². The van der Waals surface area contributed by atoms with Crippen molar-refractivity contribution in [1.82, 2.24) is 19.9 Å². The number of aliphatic hydroxyl groups excluding tert-OH is 1. The summed E-state index contributed by atoms with van der Waals surface area (Å²) in [5.41, 5.74) is 1.96. The number of rotatable bonds is 7. The number of aromatic nitrogens is 3. The van der Waals surface area contributed by atoms with Crippen LogP contribution in [0, 0.1) is 17.2 Å². The molecular formula is C27H24F2N6O4. The number of hydrogen-bond acceptors (Lipinski definition) is 8. The van der Waals surface area contributed by atoms with E-state index in [1.165, 1.54) is 18.5 Å². The zero-order valence-corrected chi connectivity index (χ0v) is 20.6. The Hall–Kier alpha value is -4.50. The Labute approximate surface area is 222 Å². The van der Waals surface area contributed by atoms with E-state index in [1.807, 2.05) is 18.2 Å². The number of nitriles is 1. The molecule has 2 aliphatic rings. The molecule has 1 aliphatic heterocycles. The van der Waals surface area contributed by atoms with Crippen molar-refractivity contribution in [2.75, 3.05) is 25.0 Å². The number of aliphatic hydroxyl groups is 1. The van der Waals surface area contributed by atoms with Gasteiger partial charge in [0, 0.05) is 42.9 Å². The Morgan fingerprint density at radius 2 is 2.10 bits per heavy atom. The number of carbonyl (C=O) groups is 2. The van der Waals surface area contributed by atoms with Gasteiger partial charge in [0.15, 0.2) is 6.10 Å². The van der Waals surface area contributed by atoms with E-state index in [1.54, 1.807) is 24.5 Å². The summed E-state index contributed by atoms with van der Waals surface area (Å²) >= 11 is 0. The fourth-order valence-electron chi connectivity index (χ4n) is 4.66. The van der Waals surface area contributed by atoms with Crippen LogP contribution in [0.1, 0.15) is 29.9 Å². The summed E-state index contributed by atoms with van der Waals surface area (Å²) in [6.45, 7) is -1.72. The van der Waals surface area contributed by atoms with Crippen LogP contribution < -0.4 is 10.1 Å². The third kappa shape index (κ3) is 5.68. The monoisotopic (exact) mass is 534 g/mol. The Morgan fingerprint density at radius 1 is 1.26 bits per heavy atom. The first-order valence-electron chi connectivity index (χ1n) is 12.3. The lowest BCUT2D eigenvalue weighted by atomic mass is 10.0. The topological polar surface area (TPSA) is 141 Å². The molecule has 2 amide bonds. The molecule has 1 saturated heterocycles. The highest BCUT2D eigenvalue weighted by Gasteiger charge is 2.48. The van der Waals surface area contributed by atoms with Gasteiger partial charge in [-0.3, -0.25) is 14.6 Å². The van der Waals surface area contributed by atoms with Gasteiger partial charge in [-0.1, -0.05) is 6.07 Å². The molecule has 2 N–H and O–H groups in total. The van der Waals surface area contributed by atoms with E-state index < -0.39 is 31.1 Å². The lowest BCUT2D eigenvalue weighted by Gasteiger charge is -2.38. The predicted molar refractivity (Wildman–Crippen MR) is 134 cm³/mol. The van der Waals surface area contributed by atoms with E-state index in [-0.39, 0.29) is 42.0 Å². The van der Waals surface area contributed by atoms with Crippen LogP contribution in [0.15, 0.2) is 55.1 Å². The number of likely N-dealkylation sites (tertiary alicyclic amines) is 1.